The zero-order valence-electron chi connectivity index (χ0n) is 19.9. The minimum Gasteiger partial charge on any atom is -0.254 e. The molecule has 0 saturated heterocycles. The predicted molar refractivity (Wildman–Crippen MR) is 155 cm³/mol. The summed E-state index contributed by atoms with van der Waals surface area (Å²) in [5, 5.41) is 2.06. The fourth-order valence-corrected chi connectivity index (χ4v) is 4.45. The summed E-state index contributed by atoms with van der Waals surface area (Å²) in [4.78, 5) is 20.1. The van der Waals surface area contributed by atoms with Gasteiger partial charge in [-0.2, -0.15) is 0 Å². The van der Waals surface area contributed by atoms with Crippen LogP contribution in [-0.4, -0.2) is 21.2 Å². The Labute approximate surface area is 220 Å². The number of aliphatic imine (C=N–C) groups is 1. The Hall–Kier alpha value is -4.61. The van der Waals surface area contributed by atoms with Gasteiger partial charge in [-0.1, -0.05) is 109 Å². The maximum atomic E-state index is 4.86. The van der Waals surface area contributed by atoms with E-state index < -0.39 is 0 Å². The molecular weight excluding hydrogens is 472 g/mol. The van der Waals surface area contributed by atoms with Crippen molar-refractivity contribution in [1.82, 2.24) is 15.0 Å². The third-order valence-electron chi connectivity index (χ3n) is 6.07. The van der Waals surface area contributed by atoms with E-state index in [4.69, 9.17) is 19.9 Å². The van der Waals surface area contributed by atoms with Gasteiger partial charge >= 0.3 is 0 Å². The fraction of sp³-hybridized carbons (Fsp3) is 0. The Bertz CT molecular complexity index is 1660. The third-order valence-corrected chi connectivity index (χ3v) is 6.43. The highest BCUT2D eigenvalue weighted by Gasteiger charge is 2.13. The Morgan fingerprint density at radius 2 is 1.08 bits per heavy atom. The topological polar surface area (TPSA) is 51.0 Å². The van der Waals surface area contributed by atoms with Gasteiger partial charge < -0.3 is 0 Å². The molecule has 0 aliphatic carbocycles. The molecule has 0 spiro atoms. The van der Waals surface area contributed by atoms with Gasteiger partial charge in [0, 0.05) is 33.2 Å². The van der Waals surface area contributed by atoms with E-state index in [0.717, 1.165) is 43.6 Å². The molecule has 0 amide bonds. The molecule has 0 aliphatic rings. The van der Waals surface area contributed by atoms with Crippen molar-refractivity contribution in [2.75, 3.05) is 0 Å². The molecule has 6 aromatic rings. The van der Waals surface area contributed by atoms with E-state index in [-0.39, 0.29) is 0 Å². The molecule has 6 rings (SSSR count). The molecule has 0 aliphatic heterocycles. The smallest absolute Gasteiger partial charge is 0.164 e. The summed E-state index contributed by atoms with van der Waals surface area (Å²) in [5.74, 6) is 1.91. The normalized spacial score (nSPS) is 11.3. The van der Waals surface area contributed by atoms with Gasteiger partial charge in [0.25, 0.3) is 0 Å². The Balaban J connectivity index is 1.47. The molecule has 1 aromatic heterocycles. The molecule has 37 heavy (non-hydrogen) atoms. The van der Waals surface area contributed by atoms with E-state index in [1.807, 2.05) is 109 Å². The summed E-state index contributed by atoms with van der Waals surface area (Å²) in [6, 6.07) is 40.3. The van der Waals surface area contributed by atoms with Gasteiger partial charge in [-0.05, 0) is 23.1 Å². The molecule has 1 heterocycles. The summed E-state index contributed by atoms with van der Waals surface area (Å²) in [6.07, 6.45) is 1.87. The van der Waals surface area contributed by atoms with Crippen LogP contribution >= 0.6 is 12.6 Å². The van der Waals surface area contributed by atoms with Gasteiger partial charge in [0.05, 0.1) is 5.69 Å². The van der Waals surface area contributed by atoms with Crippen LogP contribution in [0.25, 0.3) is 44.9 Å². The number of hydrogen-bond donors (Lipinski definition) is 1. The first-order valence-electron chi connectivity index (χ1n) is 12.0. The van der Waals surface area contributed by atoms with Crippen LogP contribution in [-0.2, 0) is 0 Å². The molecular formula is C32H22N4S. The number of thiol groups is 1. The zero-order chi connectivity index (χ0) is 25.0. The van der Waals surface area contributed by atoms with Crippen LogP contribution in [0.2, 0.25) is 0 Å². The van der Waals surface area contributed by atoms with Crippen LogP contribution in [0.15, 0.2) is 131 Å². The van der Waals surface area contributed by atoms with E-state index in [0.29, 0.717) is 17.5 Å². The second kappa shape index (κ2) is 10.2. The standard InChI is InChI=1S/C32H22N4S/c37-28-19-17-25-20-26(16-18-27(25)29(28)33-21-22-10-4-1-5-11-22)32-35-30(23-12-6-2-7-13-23)34-31(36-32)24-14-8-3-9-15-24/h1-21,37H/b33-21+. The fourth-order valence-electron chi connectivity index (χ4n) is 4.19. The van der Waals surface area contributed by atoms with E-state index in [9.17, 15) is 0 Å². The number of nitrogens with zero attached hydrogens (tertiary/aromatic N) is 4. The van der Waals surface area contributed by atoms with Gasteiger partial charge in [-0.15, -0.1) is 12.6 Å². The molecule has 176 valence electrons. The van der Waals surface area contributed by atoms with E-state index in [1.54, 1.807) is 0 Å². The molecule has 0 unspecified atom stereocenters. The minimum absolute atomic E-state index is 0.624. The van der Waals surface area contributed by atoms with Crippen LogP contribution in [0.4, 0.5) is 5.69 Å². The average molecular weight is 495 g/mol. The average Bonchev–Trinajstić information content (AvgIpc) is 2.97. The number of fused-ring (bicyclic) bond motifs is 1. The second-order valence-corrected chi connectivity index (χ2v) is 9.06. The van der Waals surface area contributed by atoms with E-state index in [2.05, 4.69) is 30.8 Å². The summed E-state index contributed by atoms with van der Waals surface area (Å²) in [7, 11) is 0. The van der Waals surface area contributed by atoms with Crippen molar-refractivity contribution in [2.45, 2.75) is 4.90 Å². The SMILES string of the molecule is Sc1ccc2cc(-c3nc(-c4ccccc4)nc(-c4ccccc4)n3)ccc2c1/N=C/c1ccccc1. The molecule has 5 heteroatoms. The lowest BCUT2D eigenvalue weighted by atomic mass is 10.0. The maximum absolute atomic E-state index is 4.86. The van der Waals surface area contributed by atoms with Crippen molar-refractivity contribution in [3.63, 3.8) is 0 Å². The highest BCUT2D eigenvalue weighted by atomic mass is 32.1. The highest BCUT2D eigenvalue weighted by Crippen LogP contribution is 2.35. The van der Waals surface area contributed by atoms with Gasteiger partial charge in [-0.25, -0.2) is 15.0 Å². The lowest BCUT2D eigenvalue weighted by Gasteiger charge is -2.10. The largest absolute Gasteiger partial charge is 0.254 e. The molecule has 4 nitrogen and oxygen atoms in total. The quantitative estimate of drug-likeness (QED) is 0.195. The Morgan fingerprint density at radius 1 is 0.541 bits per heavy atom. The minimum atomic E-state index is 0.624. The van der Waals surface area contributed by atoms with Gasteiger partial charge in [0.1, 0.15) is 0 Å². The molecule has 5 aromatic carbocycles. The van der Waals surface area contributed by atoms with E-state index >= 15 is 0 Å². The first-order valence-corrected chi connectivity index (χ1v) is 12.4. The highest BCUT2D eigenvalue weighted by molar-refractivity contribution is 7.80. The maximum Gasteiger partial charge on any atom is 0.164 e. The van der Waals surface area contributed by atoms with Crippen LogP contribution in [0, 0.1) is 0 Å². The molecule has 0 saturated carbocycles. The number of rotatable bonds is 5. The lowest BCUT2D eigenvalue weighted by Crippen LogP contribution is -2.00. The molecule has 0 bridgehead atoms. The van der Waals surface area contributed by atoms with Gasteiger partial charge in [-0.3, -0.25) is 4.99 Å². The molecule has 0 radical (unpaired) electrons. The van der Waals surface area contributed by atoms with Crippen LogP contribution in [0.5, 0.6) is 0 Å². The third kappa shape index (κ3) is 4.90. The first-order chi connectivity index (χ1) is 18.2. The zero-order valence-corrected chi connectivity index (χ0v) is 20.8. The number of benzene rings is 5. The lowest BCUT2D eigenvalue weighted by molar-refractivity contribution is 1.07. The summed E-state index contributed by atoms with van der Waals surface area (Å²) < 4.78 is 0. The summed E-state index contributed by atoms with van der Waals surface area (Å²) >= 11 is 4.68. The van der Waals surface area contributed by atoms with Crippen molar-refractivity contribution >= 4 is 35.3 Å². The molecule has 0 N–H and O–H groups in total. The van der Waals surface area contributed by atoms with Crippen molar-refractivity contribution in [3.8, 4) is 34.2 Å². The predicted octanol–water partition coefficient (Wildman–Crippen LogP) is 8.07. The van der Waals surface area contributed by atoms with Crippen molar-refractivity contribution in [1.29, 1.82) is 0 Å². The summed E-state index contributed by atoms with van der Waals surface area (Å²) in [6.45, 7) is 0. The Kier molecular flexibility index (Phi) is 6.28. The van der Waals surface area contributed by atoms with Crippen molar-refractivity contribution in [3.05, 3.63) is 127 Å². The first kappa shape index (κ1) is 22.8. The summed E-state index contributed by atoms with van der Waals surface area (Å²) in [5.41, 5.74) is 4.68. The number of aromatic nitrogens is 3. The second-order valence-electron chi connectivity index (χ2n) is 8.58. The molecule has 0 fully saturated rings. The monoisotopic (exact) mass is 494 g/mol. The van der Waals surface area contributed by atoms with Crippen LogP contribution < -0.4 is 0 Å². The van der Waals surface area contributed by atoms with Crippen LogP contribution in [0.1, 0.15) is 5.56 Å². The van der Waals surface area contributed by atoms with Crippen molar-refractivity contribution in [2.24, 2.45) is 4.99 Å². The Morgan fingerprint density at radius 3 is 1.68 bits per heavy atom. The van der Waals surface area contributed by atoms with Gasteiger partial charge in [0.15, 0.2) is 17.5 Å². The van der Waals surface area contributed by atoms with E-state index in [1.165, 1.54) is 0 Å². The van der Waals surface area contributed by atoms with Gasteiger partial charge in [0.2, 0.25) is 0 Å². The molecule has 0 atom stereocenters. The van der Waals surface area contributed by atoms with Crippen LogP contribution in [0.3, 0.4) is 0 Å². The van der Waals surface area contributed by atoms with Crippen molar-refractivity contribution < 1.29 is 0 Å². The number of hydrogen-bond acceptors (Lipinski definition) is 5.